The topological polar surface area (TPSA) is 30.9 Å². The van der Waals surface area contributed by atoms with Crippen LogP contribution in [0.5, 0.6) is 17.2 Å². The number of rotatable bonds is 5. The van der Waals surface area contributed by atoms with Crippen molar-refractivity contribution in [3.05, 3.63) is 35.4 Å². The number of nitrogens with zero attached hydrogens (tertiary/aromatic N) is 1. The molecule has 0 amide bonds. The molecule has 0 bridgehead atoms. The Balaban J connectivity index is 2.24. The van der Waals surface area contributed by atoms with Gasteiger partial charge in [0, 0.05) is 13.1 Å². The highest BCUT2D eigenvalue weighted by atomic mass is 16.5. The van der Waals surface area contributed by atoms with Crippen molar-refractivity contribution < 1.29 is 14.2 Å². The van der Waals surface area contributed by atoms with Crippen LogP contribution in [0.2, 0.25) is 0 Å². The van der Waals surface area contributed by atoms with Crippen LogP contribution >= 0.6 is 0 Å². The Hall–Kier alpha value is -1.94. The number of methoxy groups -OCH3 is 3. The fraction of sp³-hybridized carbons (Fsp3) is 0.412. The Morgan fingerprint density at radius 1 is 1.00 bits per heavy atom. The lowest BCUT2D eigenvalue weighted by Gasteiger charge is -2.20. The average molecular weight is 289 g/mol. The first-order valence-electron chi connectivity index (χ1n) is 7.03. The number of ether oxygens (including phenoxy) is 3. The van der Waals surface area contributed by atoms with Gasteiger partial charge < -0.3 is 19.1 Å². The molecule has 4 nitrogen and oxygen atoms in total. The molecule has 0 aromatic heterocycles. The molecule has 0 radical (unpaired) electrons. The number of hydrogen-bond donors (Lipinski definition) is 0. The van der Waals surface area contributed by atoms with Crippen LogP contribution in [0, 0.1) is 0 Å². The van der Waals surface area contributed by atoms with E-state index in [-0.39, 0.29) is 0 Å². The number of likely N-dealkylation sites (N-methyl/N-ethyl adjacent to an activating group) is 1. The molecule has 0 unspecified atom stereocenters. The first-order valence-corrected chi connectivity index (χ1v) is 7.03. The SMILES string of the molecule is COc1cc(C=CC2=CCN(C)CC2)cc(OC)c1OC. The largest absolute Gasteiger partial charge is 0.493 e. The van der Waals surface area contributed by atoms with E-state index in [2.05, 4.69) is 30.2 Å². The standard InChI is InChI=1S/C17H23NO3/c1-18-9-7-13(8-10-18)5-6-14-11-15(19-2)17(21-4)16(12-14)20-3/h5-7,11-12H,8-10H2,1-4H3. The van der Waals surface area contributed by atoms with Gasteiger partial charge in [-0.2, -0.15) is 0 Å². The summed E-state index contributed by atoms with van der Waals surface area (Å²) < 4.78 is 16.1. The zero-order valence-corrected chi connectivity index (χ0v) is 13.2. The van der Waals surface area contributed by atoms with Crippen molar-refractivity contribution in [1.82, 2.24) is 4.90 Å². The van der Waals surface area contributed by atoms with Gasteiger partial charge in [0.05, 0.1) is 21.3 Å². The fourth-order valence-corrected chi connectivity index (χ4v) is 2.34. The summed E-state index contributed by atoms with van der Waals surface area (Å²) in [5, 5.41) is 0. The van der Waals surface area contributed by atoms with E-state index in [1.165, 1.54) is 5.57 Å². The maximum absolute atomic E-state index is 5.37. The summed E-state index contributed by atoms with van der Waals surface area (Å²) in [6.45, 7) is 2.11. The highest BCUT2D eigenvalue weighted by Gasteiger charge is 2.12. The number of hydrogen-bond acceptors (Lipinski definition) is 4. The first kappa shape index (κ1) is 15.4. The minimum atomic E-state index is 0.621. The zero-order valence-electron chi connectivity index (χ0n) is 13.2. The molecule has 1 aromatic rings. The molecular formula is C17H23NO3. The average Bonchev–Trinajstić information content (AvgIpc) is 2.53. The molecular weight excluding hydrogens is 266 g/mol. The molecule has 0 spiro atoms. The van der Waals surface area contributed by atoms with E-state index in [4.69, 9.17) is 14.2 Å². The van der Waals surface area contributed by atoms with Crippen LogP contribution in [-0.2, 0) is 0 Å². The Morgan fingerprint density at radius 3 is 2.14 bits per heavy atom. The summed E-state index contributed by atoms with van der Waals surface area (Å²) in [6, 6.07) is 3.90. The van der Waals surface area contributed by atoms with Gasteiger partial charge in [0.25, 0.3) is 0 Å². The summed E-state index contributed by atoms with van der Waals surface area (Å²) >= 11 is 0. The molecule has 0 aliphatic carbocycles. The van der Waals surface area contributed by atoms with Gasteiger partial charge in [-0.15, -0.1) is 0 Å². The molecule has 0 saturated heterocycles. The molecule has 0 atom stereocenters. The van der Waals surface area contributed by atoms with Crippen molar-refractivity contribution in [2.75, 3.05) is 41.5 Å². The van der Waals surface area contributed by atoms with Crippen LogP contribution in [0.15, 0.2) is 29.9 Å². The molecule has 2 rings (SSSR count). The van der Waals surface area contributed by atoms with Crippen molar-refractivity contribution in [1.29, 1.82) is 0 Å². The van der Waals surface area contributed by atoms with Crippen molar-refractivity contribution in [3.63, 3.8) is 0 Å². The number of benzene rings is 1. The molecule has 0 N–H and O–H groups in total. The van der Waals surface area contributed by atoms with Crippen LogP contribution in [0.4, 0.5) is 0 Å². The summed E-state index contributed by atoms with van der Waals surface area (Å²) in [4.78, 5) is 2.30. The zero-order chi connectivity index (χ0) is 15.2. The predicted molar refractivity (Wildman–Crippen MR) is 85.3 cm³/mol. The second-order valence-electron chi connectivity index (χ2n) is 5.08. The Bertz CT molecular complexity index is 524. The van der Waals surface area contributed by atoms with Crippen LogP contribution in [0.25, 0.3) is 6.08 Å². The lowest BCUT2D eigenvalue weighted by Crippen LogP contribution is -2.23. The number of allylic oxidation sites excluding steroid dienone is 1. The third-order valence-electron chi connectivity index (χ3n) is 3.62. The summed E-state index contributed by atoms with van der Waals surface area (Å²) in [5.41, 5.74) is 2.39. The molecule has 4 heteroatoms. The lowest BCUT2D eigenvalue weighted by molar-refractivity contribution is 0.324. The molecule has 1 aromatic carbocycles. The third-order valence-corrected chi connectivity index (χ3v) is 3.62. The fourth-order valence-electron chi connectivity index (χ4n) is 2.34. The van der Waals surface area contributed by atoms with Crippen LogP contribution in [0.1, 0.15) is 12.0 Å². The lowest BCUT2D eigenvalue weighted by atomic mass is 10.1. The second kappa shape index (κ2) is 7.18. The van der Waals surface area contributed by atoms with Gasteiger partial charge in [0.15, 0.2) is 11.5 Å². The summed E-state index contributed by atoms with van der Waals surface area (Å²) in [7, 11) is 7.00. The normalized spacial score (nSPS) is 15.9. The Morgan fingerprint density at radius 2 is 1.67 bits per heavy atom. The van der Waals surface area contributed by atoms with E-state index in [0.717, 1.165) is 25.1 Å². The Kier molecular flexibility index (Phi) is 5.28. The van der Waals surface area contributed by atoms with Gasteiger partial charge in [0.1, 0.15) is 0 Å². The Labute approximate surface area is 126 Å². The van der Waals surface area contributed by atoms with Gasteiger partial charge in [-0.3, -0.25) is 0 Å². The molecule has 1 heterocycles. The van der Waals surface area contributed by atoms with E-state index < -0.39 is 0 Å². The van der Waals surface area contributed by atoms with Crippen molar-refractivity contribution in [2.24, 2.45) is 0 Å². The quantitative estimate of drug-likeness (QED) is 0.834. The van der Waals surface area contributed by atoms with E-state index in [0.29, 0.717) is 17.2 Å². The molecule has 0 fully saturated rings. The van der Waals surface area contributed by atoms with Gasteiger partial charge in [-0.25, -0.2) is 0 Å². The monoisotopic (exact) mass is 289 g/mol. The summed E-state index contributed by atoms with van der Waals surface area (Å²) in [6.07, 6.45) is 7.59. The molecule has 1 aliphatic heterocycles. The van der Waals surface area contributed by atoms with Crippen molar-refractivity contribution in [3.8, 4) is 17.2 Å². The highest BCUT2D eigenvalue weighted by Crippen LogP contribution is 2.38. The van der Waals surface area contributed by atoms with Crippen molar-refractivity contribution >= 4 is 6.08 Å². The third kappa shape index (κ3) is 3.79. The molecule has 0 saturated carbocycles. The van der Waals surface area contributed by atoms with Gasteiger partial charge in [-0.05, 0) is 36.7 Å². The first-order chi connectivity index (χ1) is 10.2. The molecule has 1 aliphatic rings. The van der Waals surface area contributed by atoms with E-state index in [9.17, 15) is 0 Å². The van der Waals surface area contributed by atoms with E-state index >= 15 is 0 Å². The van der Waals surface area contributed by atoms with Gasteiger partial charge in [-0.1, -0.05) is 18.2 Å². The van der Waals surface area contributed by atoms with Crippen molar-refractivity contribution in [2.45, 2.75) is 6.42 Å². The molecule has 21 heavy (non-hydrogen) atoms. The maximum Gasteiger partial charge on any atom is 0.203 e. The van der Waals surface area contributed by atoms with Gasteiger partial charge >= 0.3 is 0 Å². The maximum atomic E-state index is 5.37. The van der Waals surface area contributed by atoms with Crippen LogP contribution in [0.3, 0.4) is 0 Å². The second-order valence-corrected chi connectivity index (χ2v) is 5.08. The van der Waals surface area contributed by atoms with Crippen LogP contribution in [-0.4, -0.2) is 46.4 Å². The molecule has 114 valence electrons. The van der Waals surface area contributed by atoms with E-state index in [1.54, 1.807) is 21.3 Å². The summed E-state index contributed by atoms with van der Waals surface area (Å²) in [5.74, 6) is 1.97. The minimum Gasteiger partial charge on any atom is -0.493 e. The highest BCUT2D eigenvalue weighted by molar-refractivity contribution is 5.63. The predicted octanol–water partition coefficient (Wildman–Crippen LogP) is 2.99. The van der Waals surface area contributed by atoms with Crippen LogP contribution < -0.4 is 14.2 Å². The van der Waals surface area contributed by atoms with E-state index in [1.807, 2.05) is 12.1 Å². The van der Waals surface area contributed by atoms with Gasteiger partial charge in [0.2, 0.25) is 5.75 Å². The minimum absolute atomic E-state index is 0.621. The smallest absolute Gasteiger partial charge is 0.203 e.